The number of anilines is 1. The van der Waals surface area contributed by atoms with Crippen LogP contribution in [0.15, 0.2) is 60.7 Å². The first kappa shape index (κ1) is 24.1. The van der Waals surface area contributed by atoms with Crippen molar-refractivity contribution in [3.63, 3.8) is 0 Å². The van der Waals surface area contributed by atoms with Crippen molar-refractivity contribution in [3.05, 3.63) is 97.6 Å². The number of rotatable bonds is 4. The molecule has 0 radical (unpaired) electrons. The number of hydrogen-bond acceptors (Lipinski definition) is 1. The molecule has 3 aromatic carbocycles. The van der Waals surface area contributed by atoms with Crippen LogP contribution in [0, 0.1) is 10.5 Å². The fourth-order valence-electron chi connectivity index (χ4n) is 3.16. The Hall–Kier alpha value is -2.56. The van der Waals surface area contributed by atoms with Crippen molar-refractivity contribution in [2.75, 3.05) is 5.32 Å². The largest absolute Gasteiger partial charge is 0.416 e. The molecule has 0 aliphatic carbocycles. The van der Waals surface area contributed by atoms with Crippen LogP contribution >= 0.6 is 22.6 Å². The Labute approximate surface area is 193 Å². The topological polar surface area (TPSA) is 29.1 Å². The molecule has 0 aliphatic rings. The number of nitrogens with one attached hydrogen (secondary N) is 1. The van der Waals surface area contributed by atoms with Gasteiger partial charge in [0.15, 0.2) is 0 Å². The summed E-state index contributed by atoms with van der Waals surface area (Å²) in [5, 5.41) is 2.76. The van der Waals surface area contributed by atoms with Gasteiger partial charge in [0.25, 0.3) is 5.91 Å². The van der Waals surface area contributed by atoms with Gasteiger partial charge < -0.3 is 5.32 Å². The predicted octanol–water partition coefficient (Wildman–Crippen LogP) is 7.48. The zero-order valence-electron chi connectivity index (χ0n) is 16.5. The minimum Gasteiger partial charge on any atom is -0.322 e. The Bertz CT molecular complexity index is 1120. The van der Waals surface area contributed by atoms with E-state index >= 15 is 0 Å². The molecule has 0 spiro atoms. The van der Waals surface area contributed by atoms with Crippen LogP contribution in [-0.4, -0.2) is 5.91 Å². The van der Waals surface area contributed by atoms with Crippen LogP contribution < -0.4 is 5.32 Å². The summed E-state index contributed by atoms with van der Waals surface area (Å²) in [4.78, 5) is 12.4. The van der Waals surface area contributed by atoms with Crippen molar-refractivity contribution < 1.29 is 31.1 Å². The lowest BCUT2D eigenvalue weighted by atomic mass is 9.98. The number of hydrogen-bond donors (Lipinski definition) is 1. The van der Waals surface area contributed by atoms with Crippen molar-refractivity contribution >= 4 is 34.2 Å². The standard InChI is InChI=1S/C23H16F6INO/c1-13-7-14(5-6-20(13)31-21(32)16-3-2-4-19(30)11-16)8-15-9-17(22(24,25)26)12-18(10-15)23(27,28)29/h2-7,9-12H,8H2,1H3,(H,31,32). The lowest BCUT2D eigenvalue weighted by Gasteiger charge is -2.15. The van der Waals surface area contributed by atoms with Gasteiger partial charge in [-0.05, 0) is 95.1 Å². The normalized spacial score (nSPS) is 12.0. The molecule has 0 unspecified atom stereocenters. The highest BCUT2D eigenvalue weighted by Crippen LogP contribution is 2.36. The van der Waals surface area contributed by atoms with Gasteiger partial charge in [-0.15, -0.1) is 0 Å². The monoisotopic (exact) mass is 563 g/mol. The molecule has 0 saturated heterocycles. The highest BCUT2D eigenvalue weighted by Gasteiger charge is 2.36. The Kier molecular flexibility index (Phi) is 6.87. The van der Waals surface area contributed by atoms with Gasteiger partial charge in [0.2, 0.25) is 0 Å². The molecule has 0 bridgehead atoms. The third-order valence-electron chi connectivity index (χ3n) is 4.68. The average molecular weight is 563 g/mol. The van der Waals surface area contributed by atoms with Crippen LogP contribution in [0.3, 0.4) is 0 Å². The number of alkyl halides is 6. The predicted molar refractivity (Wildman–Crippen MR) is 118 cm³/mol. The molecule has 9 heteroatoms. The average Bonchev–Trinajstić information content (AvgIpc) is 2.68. The summed E-state index contributed by atoms with van der Waals surface area (Å²) < 4.78 is 79.3. The smallest absolute Gasteiger partial charge is 0.322 e. The number of aryl methyl sites for hydroxylation is 1. The Morgan fingerprint density at radius 1 is 0.844 bits per heavy atom. The van der Waals surface area contributed by atoms with Crippen molar-refractivity contribution in [2.45, 2.75) is 25.7 Å². The van der Waals surface area contributed by atoms with E-state index in [1.54, 1.807) is 43.3 Å². The molecule has 0 atom stereocenters. The van der Waals surface area contributed by atoms with Gasteiger partial charge in [0.05, 0.1) is 11.1 Å². The second-order valence-electron chi connectivity index (χ2n) is 7.20. The SMILES string of the molecule is Cc1cc(Cc2cc(C(F)(F)F)cc(C(F)(F)F)c2)ccc1NC(=O)c1cccc(I)c1. The third-order valence-corrected chi connectivity index (χ3v) is 5.35. The first-order valence-electron chi connectivity index (χ1n) is 9.28. The fourth-order valence-corrected chi connectivity index (χ4v) is 3.70. The maximum absolute atomic E-state index is 13.1. The minimum atomic E-state index is -4.89. The molecule has 3 rings (SSSR count). The van der Waals surface area contributed by atoms with Crippen molar-refractivity contribution in [1.82, 2.24) is 0 Å². The number of benzene rings is 3. The maximum atomic E-state index is 13.1. The second kappa shape index (κ2) is 9.13. The molecule has 0 fully saturated rings. The number of carbonyl (C=O) groups is 1. The Balaban J connectivity index is 1.85. The number of carbonyl (C=O) groups excluding carboxylic acids is 1. The van der Waals surface area contributed by atoms with Crippen LogP contribution in [0.4, 0.5) is 32.0 Å². The Morgan fingerprint density at radius 2 is 1.47 bits per heavy atom. The summed E-state index contributed by atoms with van der Waals surface area (Å²) in [5.41, 5.74) is -0.698. The maximum Gasteiger partial charge on any atom is 0.416 e. The number of halogens is 7. The fraction of sp³-hybridized carbons (Fsp3) is 0.174. The van der Waals surface area contributed by atoms with E-state index in [4.69, 9.17) is 0 Å². The van der Waals surface area contributed by atoms with E-state index in [2.05, 4.69) is 27.9 Å². The lowest BCUT2D eigenvalue weighted by Crippen LogP contribution is -2.13. The van der Waals surface area contributed by atoms with Gasteiger partial charge in [0.1, 0.15) is 0 Å². The summed E-state index contributed by atoms with van der Waals surface area (Å²) >= 11 is 2.08. The Morgan fingerprint density at radius 3 is 2.00 bits per heavy atom. The molecule has 1 N–H and O–H groups in total. The van der Waals surface area contributed by atoms with Gasteiger partial charge in [-0.2, -0.15) is 26.3 Å². The van der Waals surface area contributed by atoms with E-state index < -0.39 is 23.5 Å². The van der Waals surface area contributed by atoms with E-state index in [0.29, 0.717) is 22.4 Å². The molecule has 2 nitrogen and oxygen atoms in total. The van der Waals surface area contributed by atoms with Crippen molar-refractivity contribution in [1.29, 1.82) is 0 Å². The van der Waals surface area contributed by atoms with Crippen LogP contribution in [0.1, 0.15) is 38.2 Å². The number of amides is 1. The van der Waals surface area contributed by atoms with Gasteiger partial charge in [0, 0.05) is 14.8 Å². The second-order valence-corrected chi connectivity index (χ2v) is 8.45. The molecule has 32 heavy (non-hydrogen) atoms. The van der Waals surface area contributed by atoms with Crippen LogP contribution in [0.5, 0.6) is 0 Å². The highest BCUT2D eigenvalue weighted by molar-refractivity contribution is 14.1. The summed E-state index contributed by atoms with van der Waals surface area (Å²) in [5.74, 6) is -0.327. The molecular weight excluding hydrogens is 547 g/mol. The van der Waals surface area contributed by atoms with Gasteiger partial charge in [-0.1, -0.05) is 18.2 Å². The minimum absolute atomic E-state index is 0.109. The van der Waals surface area contributed by atoms with Gasteiger partial charge >= 0.3 is 12.4 Å². The first-order chi connectivity index (χ1) is 14.8. The summed E-state index contributed by atoms with van der Waals surface area (Å²) in [6.07, 6.45) is -9.91. The summed E-state index contributed by atoms with van der Waals surface area (Å²) in [7, 11) is 0. The van der Waals surface area contributed by atoms with Crippen LogP contribution in [0.25, 0.3) is 0 Å². The van der Waals surface area contributed by atoms with E-state index in [1.165, 1.54) is 0 Å². The molecule has 168 valence electrons. The molecule has 0 aromatic heterocycles. The molecule has 0 aliphatic heterocycles. The van der Waals surface area contributed by atoms with E-state index in [0.717, 1.165) is 15.7 Å². The van der Waals surface area contributed by atoms with E-state index in [1.807, 2.05) is 6.07 Å². The van der Waals surface area contributed by atoms with Crippen LogP contribution in [0.2, 0.25) is 0 Å². The van der Waals surface area contributed by atoms with Crippen LogP contribution in [-0.2, 0) is 18.8 Å². The molecule has 0 heterocycles. The zero-order chi connectivity index (χ0) is 23.7. The molecule has 3 aromatic rings. The summed E-state index contributed by atoms with van der Waals surface area (Å²) in [6, 6.07) is 13.3. The first-order valence-corrected chi connectivity index (χ1v) is 10.4. The van der Waals surface area contributed by atoms with Gasteiger partial charge in [-0.3, -0.25) is 4.79 Å². The zero-order valence-corrected chi connectivity index (χ0v) is 18.7. The third kappa shape index (κ3) is 6.02. The van der Waals surface area contributed by atoms with Gasteiger partial charge in [-0.25, -0.2) is 0 Å². The van der Waals surface area contributed by atoms with Crippen molar-refractivity contribution in [3.8, 4) is 0 Å². The molecule has 1 amide bonds. The molecule has 0 saturated carbocycles. The molecular formula is C23H16F6INO. The highest BCUT2D eigenvalue weighted by atomic mass is 127. The summed E-state index contributed by atoms with van der Waals surface area (Å²) in [6.45, 7) is 1.70. The van der Waals surface area contributed by atoms with Crippen molar-refractivity contribution in [2.24, 2.45) is 0 Å². The quantitative estimate of drug-likeness (QED) is 0.259. The van der Waals surface area contributed by atoms with E-state index in [9.17, 15) is 31.1 Å². The lowest BCUT2D eigenvalue weighted by molar-refractivity contribution is -0.143. The van der Waals surface area contributed by atoms with E-state index in [-0.39, 0.29) is 24.0 Å².